The van der Waals surface area contributed by atoms with Crippen LogP contribution in [0.2, 0.25) is 0 Å². The van der Waals surface area contributed by atoms with Gasteiger partial charge in [0.05, 0.1) is 11.7 Å². The second-order valence-electron chi connectivity index (χ2n) is 8.40. The van der Waals surface area contributed by atoms with Crippen molar-refractivity contribution < 1.29 is 5.11 Å². The molecule has 5 rings (SSSR count). The van der Waals surface area contributed by atoms with Gasteiger partial charge in [0.2, 0.25) is 0 Å². The molecule has 0 spiro atoms. The van der Waals surface area contributed by atoms with E-state index in [2.05, 4.69) is 56.3 Å². The lowest BCUT2D eigenvalue weighted by atomic mass is 9.93. The summed E-state index contributed by atoms with van der Waals surface area (Å²) in [6.07, 6.45) is 6.87. The maximum Gasteiger partial charge on any atom is 0.141 e. The molecule has 0 unspecified atom stereocenters. The number of nitrogens with one attached hydrogen (secondary N) is 1. The molecule has 3 aromatic heterocycles. The Bertz CT molecular complexity index is 1250. The molecule has 0 saturated carbocycles. The molecule has 0 atom stereocenters. The predicted molar refractivity (Wildman–Crippen MR) is 121 cm³/mol. The zero-order valence-electron chi connectivity index (χ0n) is 17.4. The van der Waals surface area contributed by atoms with Crippen LogP contribution in [0.4, 0.5) is 0 Å². The Hall–Kier alpha value is -3.27. The minimum atomic E-state index is 0.307. The van der Waals surface area contributed by atoms with E-state index in [1.807, 2.05) is 12.3 Å². The molecule has 0 amide bonds. The number of aliphatic hydroxyl groups excluding tert-OH is 1. The number of hydrogen-bond donors (Lipinski definition) is 2. The van der Waals surface area contributed by atoms with Gasteiger partial charge in [0.25, 0.3) is 0 Å². The van der Waals surface area contributed by atoms with E-state index in [0.29, 0.717) is 18.2 Å². The summed E-state index contributed by atoms with van der Waals surface area (Å²) in [4.78, 5) is 14.5. The van der Waals surface area contributed by atoms with Crippen LogP contribution in [0.3, 0.4) is 0 Å². The van der Waals surface area contributed by atoms with Gasteiger partial charge in [-0.15, -0.1) is 0 Å². The molecule has 6 nitrogen and oxygen atoms in total. The summed E-state index contributed by atoms with van der Waals surface area (Å²) in [7, 11) is 0. The molecular weight excluding hydrogens is 386 g/mol. The van der Waals surface area contributed by atoms with E-state index in [-0.39, 0.29) is 0 Å². The molecule has 1 saturated heterocycles. The maximum absolute atomic E-state index is 9.17. The number of aliphatic hydroxyl groups is 1. The Labute approximate surface area is 181 Å². The summed E-state index contributed by atoms with van der Waals surface area (Å²) >= 11 is 0. The second kappa shape index (κ2) is 8.46. The van der Waals surface area contributed by atoms with Gasteiger partial charge in [-0.25, -0.2) is 9.97 Å². The first-order chi connectivity index (χ1) is 15.2. The van der Waals surface area contributed by atoms with Gasteiger partial charge in [-0.05, 0) is 61.5 Å². The third kappa shape index (κ3) is 4.02. The lowest BCUT2D eigenvalue weighted by Gasteiger charge is -2.31. The molecule has 0 radical (unpaired) electrons. The van der Waals surface area contributed by atoms with Crippen molar-refractivity contribution in [2.75, 3.05) is 19.7 Å². The molecule has 4 aromatic rings. The van der Waals surface area contributed by atoms with Crippen molar-refractivity contribution in [3.63, 3.8) is 0 Å². The van der Waals surface area contributed by atoms with E-state index < -0.39 is 0 Å². The number of aromatic amines is 1. The minimum Gasteiger partial charge on any atom is -0.396 e. The lowest BCUT2D eigenvalue weighted by Crippen LogP contribution is -2.33. The summed E-state index contributed by atoms with van der Waals surface area (Å²) in [5, 5.41) is 20.3. The van der Waals surface area contributed by atoms with Gasteiger partial charge in [0.15, 0.2) is 0 Å². The first kappa shape index (κ1) is 19.7. The molecule has 4 heterocycles. The predicted octanol–water partition coefficient (Wildman–Crippen LogP) is 4.24. The summed E-state index contributed by atoms with van der Waals surface area (Å²) in [5.41, 5.74) is 5.59. The number of nitrogens with zero attached hydrogens (tertiary/aromatic N) is 4. The monoisotopic (exact) mass is 411 g/mol. The molecule has 0 aliphatic carbocycles. The topological polar surface area (TPSA) is 88.8 Å². The number of fused-ring (bicyclic) bond motifs is 3. The quantitative estimate of drug-likeness (QED) is 0.513. The molecule has 1 aliphatic rings. The third-order valence-electron chi connectivity index (χ3n) is 6.39. The molecular formula is C25H25N5O. The normalized spacial score (nSPS) is 15.5. The van der Waals surface area contributed by atoms with Crippen LogP contribution in [-0.4, -0.2) is 44.7 Å². The smallest absolute Gasteiger partial charge is 0.141 e. The van der Waals surface area contributed by atoms with E-state index in [1.54, 1.807) is 6.20 Å². The van der Waals surface area contributed by atoms with Crippen molar-refractivity contribution in [3.8, 4) is 17.2 Å². The summed E-state index contributed by atoms with van der Waals surface area (Å²) in [6.45, 7) is 3.48. The van der Waals surface area contributed by atoms with Crippen LogP contribution in [0.5, 0.6) is 0 Å². The Kier molecular flexibility index (Phi) is 5.37. The van der Waals surface area contributed by atoms with Crippen LogP contribution >= 0.6 is 0 Å². The van der Waals surface area contributed by atoms with Crippen molar-refractivity contribution in [2.45, 2.75) is 25.8 Å². The van der Waals surface area contributed by atoms with Gasteiger partial charge in [-0.3, -0.25) is 4.90 Å². The van der Waals surface area contributed by atoms with Gasteiger partial charge >= 0.3 is 0 Å². The molecule has 156 valence electrons. The fourth-order valence-corrected chi connectivity index (χ4v) is 4.57. The van der Waals surface area contributed by atoms with E-state index in [0.717, 1.165) is 59.1 Å². The second-order valence-corrected chi connectivity index (χ2v) is 8.40. The van der Waals surface area contributed by atoms with Gasteiger partial charge in [-0.1, -0.05) is 24.3 Å². The van der Waals surface area contributed by atoms with Crippen LogP contribution in [0.25, 0.3) is 33.1 Å². The number of nitriles is 1. The van der Waals surface area contributed by atoms with Crippen molar-refractivity contribution in [2.24, 2.45) is 5.92 Å². The maximum atomic E-state index is 9.17. The molecule has 1 fully saturated rings. The van der Waals surface area contributed by atoms with E-state index in [9.17, 15) is 0 Å². The van der Waals surface area contributed by atoms with Gasteiger partial charge < -0.3 is 10.1 Å². The van der Waals surface area contributed by atoms with Gasteiger partial charge in [0.1, 0.15) is 17.4 Å². The van der Waals surface area contributed by atoms with Gasteiger partial charge in [-0.2, -0.15) is 5.26 Å². The van der Waals surface area contributed by atoms with Crippen molar-refractivity contribution in [3.05, 3.63) is 60.0 Å². The number of likely N-dealkylation sites (tertiary alicyclic amines) is 1. The fourth-order valence-electron chi connectivity index (χ4n) is 4.57. The Morgan fingerprint density at radius 3 is 2.58 bits per heavy atom. The average molecular weight is 412 g/mol. The molecule has 1 aliphatic heterocycles. The fraction of sp³-hybridized carbons (Fsp3) is 0.320. The van der Waals surface area contributed by atoms with Crippen LogP contribution in [0.1, 0.15) is 30.5 Å². The highest BCUT2D eigenvalue weighted by Crippen LogP contribution is 2.29. The van der Waals surface area contributed by atoms with Crippen molar-refractivity contribution in [1.82, 2.24) is 19.9 Å². The minimum absolute atomic E-state index is 0.307. The van der Waals surface area contributed by atoms with Gasteiger partial charge in [0, 0.05) is 35.7 Å². The van der Waals surface area contributed by atoms with E-state index in [1.165, 1.54) is 18.4 Å². The molecule has 31 heavy (non-hydrogen) atoms. The number of hydrogen-bond acceptors (Lipinski definition) is 5. The summed E-state index contributed by atoms with van der Waals surface area (Å²) in [6, 6.07) is 14.8. The molecule has 0 bridgehead atoms. The summed E-state index contributed by atoms with van der Waals surface area (Å²) < 4.78 is 0. The Balaban J connectivity index is 1.34. The molecule has 2 N–H and O–H groups in total. The largest absolute Gasteiger partial charge is 0.396 e. The van der Waals surface area contributed by atoms with Crippen LogP contribution in [-0.2, 0) is 6.54 Å². The van der Waals surface area contributed by atoms with Crippen LogP contribution in [0.15, 0.2) is 48.8 Å². The SMILES string of the molecule is N#Cc1cc2c(cn1)[nH]c1ncc(-c3ccc(CN4CCC(CCO)CC4)cc3)cc12. The zero-order valence-corrected chi connectivity index (χ0v) is 17.4. The number of pyridine rings is 2. The summed E-state index contributed by atoms with van der Waals surface area (Å²) in [5.74, 6) is 0.676. The number of piperidine rings is 1. The highest BCUT2D eigenvalue weighted by molar-refractivity contribution is 6.06. The third-order valence-corrected chi connectivity index (χ3v) is 6.39. The standard InChI is InChI=1S/C25H25N5O/c26-13-21-12-22-23-11-20(14-28-25(23)29-24(22)15-27-21)19-3-1-18(2-4-19)16-30-8-5-17(6-9-30)7-10-31/h1-4,11-12,14-15,17,31H,5-10,16H2,(H,28,29). The number of H-pyrrole nitrogens is 1. The number of rotatable bonds is 5. The first-order valence-corrected chi connectivity index (χ1v) is 10.8. The number of aromatic nitrogens is 3. The van der Waals surface area contributed by atoms with E-state index >= 15 is 0 Å². The Morgan fingerprint density at radius 2 is 1.84 bits per heavy atom. The van der Waals surface area contributed by atoms with E-state index in [4.69, 9.17) is 10.4 Å². The number of benzene rings is 1. The highest BCUT2D eigenvalue weighted by atomic mass is 16.3. The molecule has 1 aromatic carbocycles. The van der Waals surface area contributed by atoms with Crippen molar-refractivity contribution in [1.29, 1.82) is 5.26 Å². The van der Waals surface area contributed by atoms with Crippen LogP contribution < -0.4 is 0 Å². The lowest BCUT2D eigenvalue weighted by molar-refractivity contribution is 0.153. The van der Waals surface area contributed by atoms with Crippen LogP contribution in [0, 0.1) is 17.2 Å². The Morgan fingerprint density at radius 1 is 1.03 bits per heavy atom. The zero-order chi connectivity index (χ0) is 21.2. The first-order valence-electron chi connectivity index (χ1n) is 10.8. The highest BCUT2D eigenvalue weighted by Gasteiger charge is 2.18. The average Bonchev–Trinajstić information content (AvgIpc) is 3.18. The van der Waals surface area contributed by atoms with Crippen molar-refractivity contribution >= 4 is 21.9 Å². The molecule has 6 heteroatoms.